The summed E-state index contributed by atoms with van der Waals surface area (Å²) in [7, 11) is 0. The Kier molecular flexibility index (Phi) is 7.07. The van der Waals surface area contributed by atoms with E-state index < -0.39 is 0 Å². The molecular formula is C50H33N3O2. The van der Waals surface area contributed by atoms with E-state index in [1.165, 1.54) is 21.5 Å². The number of amidine groups is 1. The predicted molar refractivity (Wildman–Crippen MR) is 229 cm³/mol. The van der Waals surface area contributed by atoms with Crippen LogP contribution in [-0.4, -0.2) is 11.5 Å². The summed E-state index contributed by atoms with van der Waals surface area (Å²) in [5.41, 5.74) is 7.92. The van der Waals surface area contributed by atoms with Gasteiger partial charge in [0.1, 0.15) is 22.3 Å². The largest absolute Gasteiger partial charge is 0.456 e. The van der Waals surface area contributed by atoms with Crippen LogP contribution in [0.25, 0.3) is 87.3 Å². The summed E-state index contributed by atoms with van der Waals surface area (Å²) < 4.78 is 13.3. The summed E-state index contributed by atoms with van der Waals surface area (Å²) in [6.07, 6.45) is 9.40. The smallest absolute Gasteiger partial charge is 0.179 e. The fraction of sp³-hybridized carbons (Fsp3) is 0.0400. The molecule has 5 nitrogen and oxygen atoms in total. The third-order valence-corrected chi connectivity index (χ3v) is 11.1. The summed E-state index contributed by atoms with van der Waals surface area (Å²) in [6.45, 7) is 0. The van der Waals surface area contributed by atoms with Crippen molar-refractivity contribution in [1.82, 2.24) is 0 Å². The lowest BCUT2D eigenvalue weighted by molar-refractivity contribution is 0.669. The lowest BCUT2D eigenvalue weighted by Gasteiger charge is -2.18. The molecule has 0 amide bonds. The van der Waals surface area contributed by atoms with Crippen molar-refractivity contribution in [2.75, 3.05) is 0 Å². The van der Waals surface area contributed by atoms with E-state index in [4.69, 9.17) is 19.7 Å². The first-order valence-corrected chi connectivity index (χ1v) is 18.6. The van der Waals surface area contributed by atoms with Gasteiger partial charge in [-0.25, -0.2) is 4.99 Å². The zero-order valence-electron chi connectivity index (χ0n) is 29.7. The van der Waals surface area contributed by atoms with Gasteiger partial charge in [-0.1, -0.05) is 140 Å². The number of nitrogens with zero attached hydrogens (tertiary/aromatic N) is 2. The molecule has 0 radical (unpaired) electrons. The van der Waals surface area contributed by atoms with Crippen LogP contribution in [0.3, 0.4) is 0 Å². The molecule has 1 aliphatic rings. The SMILES string of the molecule is N/N=C(\N=C(/c1ccc2c(ccc3ccccc32)c1)C1C=CC=CC1)c1cccc2oc3cccc(-c4cccc5c4oc4cc6ccccc6cc45)c3c12. The molecule has 0 aliphatic heterocycles. The Morgan fingerprint density at radius 3 is 2.13 bits per heavy atom. The Labute approximate surface area is 316 Å². The van der Waals surface area contributed by atoms with Crippen LogP contribution in [0.1, 0.15) is 17.5 Å². The van der Waals surface area contributed by atoms with Crippen molar-refractivity contribution in [3.05, 3.63) is 181 Å². The zero-order chi connectivity index (χ0) is 36.5. The Bertz CT molecular complexity index is 3320. The molecule has 0 bridgehead atoms. The highest BCUT2D eigenvalue weighted by molar-refractivity contribution is 6.25. The number of para-hydroxylation sites is 1. The second-order valence-corrected chi connectivity index (χ2v) is 14.3. The lowest BCUT2D eigenvalue weighted by Crippen LogP contribution is -2.18. The van der Waals surface area contributed by atoms with Gasteiger partial charge >= 0.3 is 0 Å². The summed E-state index contributed by atoms with van der Waals surface area (Å²) in [5, 5.41) is 15.6. The van der Waals surface area contributed by atoms with E-state index >= 15 is 0 Å². The van der Waals surface area contributed by atoms with Gasteiger partial charge in [0.25, 0.3) is 0 Å². The van der Waals surface area contributed by atoms with E-state index in [0.717, 1.165) is 89.0 Å². The highest BCUT2D eigenvalue weighted by Crippen LogP contribution is 2.43. The molecule has 2 aromatic heterocycles. The quantitative estimate of drug-likeness (QED) is 0.0650. The normalized spacial score (nSPS) is 15.2. The maximum Gasteiger partial charge on any atom is 0.179 e. The third kappa shape index (κ3) is 5.01. The number of hydrazone groups is 1. The monoisotopic (exact) mass is 707 g/mol. The molecule has 0 fully saturated rings. The molecule has 10 aromatic rings. The zero-order valence-corrected chi connectivity index (χ0v) is 29.7. The van der Waals surface area contributed by atoms with Crippen molar-refractivity contribution in [1.29, 1.82) is 0 Å². The topological polar surface area (TPSA) is 77.0 Å². The summed E-state index contributed by atoms with van der Waals surface area (Å²) in [6, 6.07) is 50.8. The first-order chi connectivity index (χ1) is 27.2. The van der Waals surface area contributed by atoms with Crippen LogP contribution in [0, 0.1) is 5.92 Å². The third-order valence-electron chi connectivity index (χ3n) is 11.1. The van der Waals surface area contributed by atoms with Crippen molar-refractivity contribution >= 4 is 87.7 Å². The van der Waals surface area contributed by atoms with Crippen LogP contribution in [0.4, 0.5) is 0 Å². The molecule has 1 atom stereocenters. The second kappa shape index (κ2) is 12.4. The van der Waals surface area contributed by atoms with Gasteiger partial charge in [0, 0.05) is 38.6 Å². The van der Waals surface area contributed by atoms with Crippen LogP contribution >= 0.6 is 0 Å². The van der Waals surface area contributed by atoms with Gasteiger partial charge in [-0.2, -0.15) is 5.10 Å². The standard InChI is InChI=1S/C50H33N3O2/c51-53-50(52-48(31-12-2-1-3-13-31)35-25-26-37-34(27-35)24-23-30-11-6-7-16-36(30)37)41-20-10-22-44-47(41)46-38(17-9-21-43(46)54-44)39-18-8-19-40-42-28-32-14-4-5-15-33(32)29-45(42)55-49(39)40/h1-12,14-29,31H,13,51H2/b52-48-,53-50-. The molecule has 5 heteroatoms. The Balaban J connectivity index is 1.11. The van der Waals surface area contributed by atoms with Crippen LogP contribution in [0.2, 0.25) is 0 Å². The van der Waals surface area contributed by atoms with Crippen molar-refractivity contribution in [2.45, 2.75) is 6.42 Å². The van der Waals surface area contributed by atoms with Crippen LogP contribution < -0.4 is 5.84 Å². The molecule has 1 unspecified atom stereocenters. The molecule has 0 saturated carbocycles. The van der Waals surface area contributed by atoms with Crippen molar-refractivity contribution in [2.24, 2.45) is 21.9 Å². The minimum Gasteiger partial charge on any atom is -0.456 e. The van der Waals surface area contributed by atoms with Crippen molar-refractivity contribution in [3.63, 3.8) is 0 Å². The summed E-state index contributed by atoms with van der Waals surface area (Å²) >= 11 is 0. The van der Waals surface area contributed by atoms with Gasteiger partial charge in [-0.05, 0) is 80.2 Å². The first-order valence-electron chi connectivity index (χ1n) is 18.6. The fourth-order valence-electron chi connectivity index (χ4n) is 8.56. The maximum absolute atomic E-state index is 6.70. The molecule has 0 saturated heterocycles. The van der Waals surface area contributed by atoms with Crippen LogP contribution in [0.5, 0.6) is 0 Å². The number of rotatable bonds is 4. The predicted octanol–water partition coefficient (Wildman–Crippen LogP) is 12.9. The van der Waals surface area contributed by atoms with Crippen molar-refractivity contribution in [3.8, 4) is 11.1 Å². The number of allylic oxidation sites excluding steroid dienone is 4. The molecule has 11 rings (SSSR count). The van der Waals surface area contributed by atoms with Gasteiger partial charge in [0.2, 0.25) is 0 Å². The van der Waals surface area contributed by atoms with E-state index in [9.17, 15) is 0 Å². The van der Waals surface area contributed by atoms with Crippen LogP contribution in [-0.2, 0) is 0 Å². The summed E-state index contributed by atoms with van der Waals surface area (Å²) in [4.78, 5) is 5.37. The number of fused-ring (bicyclic) bond motifs is 10. The molecule has 55 heavy (non-hydrogen) atoms. The Morgan fingerprint density at radius 1 is 0.545 bits per heavy atom. The van der Waals surface area contributed by atoms with Gasteiger partial charge in [-0.15, -0.1) is 0 Å². The Morgan fingerprint density at radius 2 is 1.27 bits per heavy atom. The number of furan rings is 2. The molecule has 2 N–H and O–H groups in total. The molecule has 0 spiro atoms. The van der Waals surface area contributed by atoms with Gasteiger partial charge in [0.05, 0.1) is 5.71 Å². The molecule has 2 heterocycles. The average Bonchev–Trinajstić information content (AvgIpc) is 3.81. The first kappa shape index (κ1) is 31.3. The Hall–Kier alpha value is -7.24. The minimum atomic E-state index is 0.0397. The molecule has 8 aromatic carbocycles. The number of nitrogens with two attached hydrogens (primary N) is 1. The highest BCUT2D eigenvalue weighted by atomic mass is 16.3. The number of benzene rings is 8. The average molecular weight is 708 g/mol. The molecule has 1 aliphatic carbocycles. The molecule has 260 valence electrons. The van der Waals surface area contributed by atoms with E-state index in [1.807, 2.05) is 30.3 Å². The number of hydrogen-bond donors (Lipinski definition) is 1. The number of hydrogen-bond acceptors (Lipinski definition) is 4. The van der Waals surface area contributed by atoms with Gasteiger partial charge < -0.3 is 14.7 Å². The highest BCUT2D eigenvalue weighted by Gasteiger charge is 2.23. The second-order valence-electron chi connectivity index (χ2n) is 14.3. The van der Waals surface area contributed by atoms with E-state index in [-0.39, 0.29) is 5.92 Å². The van der Waals surface area contributed by atoms with E-state index in [2.05, 4.69) is 145 Å². The maximum atomic E-state index is 6.70. The van der Waals surface area contributed by atoms with Crippen LogP contribution in [0.15, 0.2) is 189 Å². The number of aliphatic imine (C=N–C) groups is 1. The summed E-state index contributed by atoms with van der Waals surface area (Å²) in [5.74, 6) is 6.81. The van der Waals surface area contributed by atoms with Crippen molar-refractivity contribution < 1.29 is 8.83 Å². The van der Waals surface area contributed by atoms with E-state index in [0.29, 0.717) is 5.84 Å². The van der Waals surface area contributed by atoms with E-state index in [1.54, 1.807) is 0 Å². The lowest BCUT2D eigenvalue weighted by atomic mass is 9.89. The molecular weight excluding hydrogens is 675 g/mol. The van der Waals surface area contributed by atoms with Gasteiger partial charge in [-0.3, -0.25) is 0 Å². The minimum absolute atomic E-state index is 0.0397. The van der Waals surface area contributed by atoms with Gasteiger partial charge in [0.15, 0.2) is 5.84 Å². The fourth-order valence-corrected chi connectivity index (χ4v) is 8.56.